The molecule has 1 aromatic carbocycles. The van der Waals surface area contributed by atoms with Crippen molar-refractivity contribution in [3.63, 3.8) is 0 Å². The van der Waals surface area contributed by atoms with Crippen molar-refractivity contribution in [2.45, 2.75) is 32.8 Å². The molecule has 0 spiro atoms. The first kappa shape index (κ1) is 11.2. The number of para-hydroxylation sites is 1. The fraction of sp³-hybridized carbons (Fsp3) is 0.429. The zero-order valence-electron chi connectivity index (χ0n) is 10.4. The Hall–Kier alpha value is -1.28. The Balaban J connectivity index is 2.61. The second-order valence-corrected chi connectivity index (χ2v) is 5.19. The first-order valence-corrected chi connectivity index (χ1v) is 5.65. The minimum Gasteiger partial charge on any atom is -0.390 e. The number of rotatable bonds is 2. The molecule has 0 saturated heterocycles. The van der Waals surface area contributed by atoms with Crippen LogP contribution < -0.4 is 0 Å². The third-order valence-corrected chi connectivity index (χ3v) is 3.00. The van der Waals surface area contributed by atoms with Crippen molar-refractivity contribution in [1.82, 2.24) is 4.57 Å². The molecule has 0 bridgehead atoms. The highest BCUT2D eigenvalue weighted by Gasteiger charge is 2.16. The van der Waals surface area contributed by atoms with Gasteiger partial charge >= 0.3 is 0 Å². The maximum atomic E-state index is 9.92. The molecular formula is C14H19NO. The summed E-state index contributed by atoms with van der Waals surface area (Å²) in [5, 5.41) is 11.2. The molecule has 0 radical (unpaired) electrons. The first-order chi connectivity index (χ1) is 7.38. The Morgan fingerprint density at radius 1 is 1.31 bits per heavy atom. The maximum Gasteiger partial charge on any atom is 0.0632 e. The standard InChI is InChI=1S/C14H19NO/c1-10-8-11-6-5-7-12(9-14(2,3)16)13(11)15(10)4/h5-8,16H,9H2,1-4H3. The van der Waals surface area contributed by atoms with Crippen molar-refractivity contribution < 1.29 is 5.11 Å². The minimum atomic E-state index is -0.660. The predicted molar refractivity (Wildman–Crippen MR) is 67.7 cm³/mol. The van der Waals surface area contributed by atoms with E-state index in [0.29, 0.717) is 6.42 Å². The van der Waals surface area contributed by atoms with Gasteiger partial charge in [0.25, 0.3) is 0 Å². The highest BCUT2D eigenvalue weighted by molar-refractivity contribution is 5.84. The molecule has 0 amide bonds. The lowest BCUT2D eigenvalue weighted by molar-refractivity contribution is 0.0813. The Morgan fingerprint density at radius 2 is 2.00 bits per heavy atom. The Labute approximate surface area is 96.5 Å². The third kappa shape index (κ3) is 1.98. The fourth-order valence-electron chi connectivity index (χ4n) is 2.24. The summed E-state index contributed by atoms with van der Waals surface area (Å²) in [6.07, 6.45) is 0.682. The van der Waals surface area contributed by atoms with Gasteiger partial charge in [-0.3, -0.25) is 0 Å². The molecule has 0 saturated carbocycles. The van der Waals surface area contributed by atoms with Gasteiger partial charge in [0.15, 0.2) is 0 Å². The van der Waals surface area contributed by atoms with Gasteiger partial charge in [0.1, 0.15) is 0 Å². The van der Waals surface area contributed by atoms with E-state index >= 15 is 0 Å². The highest BCUT2D eigenvalue weighted by atomic mass is 16.3. The zero-order chi connectivity index (χ0) is 11.9. The predicted octanol–water partition coefficient (Wildman–Crippen LogP) is 2.80. The molecule has 2 heteroatoms. The van der Waals surface area contributed by atoms with Crippen LogP contribution in [0.5, 0.6) is 0 Å². The molecule has 2 nitrogen and oxygen atoms in total. The molecule has 0 aliphatic rings. The summed E-state index contributed by atoms with van der Waals surface area (Å²) < 4.78 is 2.19. The van der Waals surface area contributed by atoms with Crippen molar-refractivity contribution in [3.05, 3.63) is 35.5 Å². The van der Waals surface area contributed by atoms with Crippen molar-refractivity contribution in [3.8, 4) is 0 Å². The van der Waals surface area contributed by atoms with Gasteiger partial charge in [0, 0.05) is 24.5 Å². The van der Waals surface area contributed by atoms with Crippen LogP contribution in [0, 0.1) is 6.92 Å². The molecule has 0 aliphatic carbocycles. The summed E-state index contributed by atoms with van der Waals surface area (Å²) in [5.74, 6) is 0. The van der Waals surface area contributed by atoms with E-state index in [9.17, 15) is 5.11 Å². The normalized spacial score (nSPS) is 12.3. The SMILES string of the molecule is Cc1cc2cccc(CC(C)(C)O)c2n1C. The topological polar surface area (TPSA) is 25.2 Å². The Morgan fingerprint density at radius 3 is 2.62 bits per heavy atom. The first-order valence-electron chi connectivity index (χ1n) is 5.65. The quantitative estimate of drug-likeness (QED) is 0.822. The summed E-state index contributed by atoms with van der Waals surface area (Å²) in [6.45, 7) is 5.80. The van der Waals surface area contributed by atoms with Crippen LogP contribution in [-0.2, 0) is 13.5 Å². The van der Waals surface area contributed by atoms with E-state index in [0.717, 1.165) is 0 Å². The van der Waals surface area contributed by atoms with Gasteiger partial charge in [0.2, 0.25) is 0 Å². The molecule has 0 unspecified atom stereocenters. The molecule has 1 aromatic heterocycles. The second-order valence-electron chi connectivity index (χ2n) is 5.19. The average molecular weight is 217 g/mol. The van der Waals surface area contributed by atoms with Crippen molar-refractivity contribution in [2.24, 2.45) is 7.05 Å². The largest absolute Gasteiger partial charge is 0.390 e. The highest BCUT2D eigenvalue weighted by Crippen LogP contribution is 2.25. The third-order valence-electron chi connectivity index (χ3n) is 3.00. The molecule has 1 heterocycles. The van der Waals surface area contributed by atoms with Crippen molar-refractivity contribution >= 4 is 10.9 Å². The minimum absolute atomic E-state index is 0.660. The Bertz CT molecular complexity index is 517. The van der Waals surface area contributed by atoms with E-state index in [1.54, 1.807) is 0 Å². The van der Waals surface area contributed by atoms with Gasteiger partial charge in [0.05, 0.1) is 11.1 Å². The van der Waals surface area contributed by atoms with E-state index < -0.39 is 5.60 Å². The molecule has 2 rings (SSSR count). The molecule has 2 aromatic rings. The van der Waals surface area contributed by atoms with Crippen LogP contribution in [0.15, 0.2) is 24.3 Å². The summed E-state index contributed by atoms with van der Waals surface area (Å²) in [5.41, 5.74) is 3.04. The number of fused-ring (bicyclic) bond motifs is 1. The van der Waals surface area contributed by atoms with E-state index in [2.05, 4.69) is 42.8 Å². The maximum absolute atomic E-state index is 9.92. The van der Waals surface area contributed by atoms with Gasteiger partial charge in [-0.15, -0.1) is 0 Å². The van der Waals surface area contributed by atoms with E-state index in [1.165, 1.54) is 22.2 Å². The number of nitrogens with zero attached hydrogens (tertiary/aromatic N) is 1. The average Bonchev–Trinajstić information content (AvgIpc) is 2.41. The van der Waals surface area contributed by atoms with Gasteiger partial charge in [-0.25, -0.2) is 0 Å². The Kier molecular flexibility index (Phi) is 2.55. The number of hydrogen-bond donors (Lipinski definition) is 1. The lowest BCUT2D eigenvalue weighted by Crippen LogP contribution is -2.22. The smallest absolute Gasteiger partial charge is 0.0632 e. The number of hydrogen-bond acceptors (Lipinski definition) is 1. The molecular weight excluding hydrogens is 198 g/mol. The van der Waals surface area contributed by atoms with Crippen LogP contribution in [0.2, 0.25) is 0 Å². The van der Waals surface area contributed by atoms with Crippen LogP contribution in [0.25, 0.3) is 10.9 Å². The summed E-state index contributed by atoms with van der Waals surface area (Å²) in [4.78, 5) is 0. The number of aromatic nitrogens is 1. The second kappa shape index (κ2) is 3.63. The monoisotopic (exact) mass is 217 g/mol. The van der Waals surface area contributed by atoms with Gasteiger partial charge in [-0.2, -0.15) is 0 Å². The molecule has 0 fully saturated rings. The summed E-state index contributed by atoms with van der Waals surface area (Å²) >= 11 is 0. The molecule has 0 atom stereocenters. The lowest BCUT2D eigenvalue weighted by atomic mass is 9.97. The van der Waals surface area contributed by atoms with Crippen molar-refractivity contribution in [1.29, 1.82) is 0 Å². The summed E-state index contributed by atoms with van der Waals surface area (Å²) in [7, 11) is 2.07. The zero-order valence-corrected chi connectivity index (χ0v) is 10.4. The summed E-state index contributed by atoms with van der Waals surface area (Å²) in [6, 6.07) is 8.46. The van der Waals surface area contributed by atoms with Crippen molar-refractivity contribution in [2.75, 3.05) is 0 Å². The van der Waals surface area contributed by atoms with Crippen LogP contribution in [0.1, 0.15) is 25.1 Å². The number of benzene rings is 1. The van der Waals surface area contributed by atoms with Gasteiger partial charge < -0.3 is 9.67 Å². The van der Waals surface area contributed by atoms with E-state index in [4.69, 9.17) is 0 Å². The van der Waals surface area contributed by atoms with Gasteiger partial charge in [-0.05, 0) is 32.4 Å². The molecule has 1 N–H and O–H groups in total. The fourth-order valence-corrected chi connectivity index (χ4v) is 2.24. The number of aryl methyl sites for hydroxylation is 2. The van der Waals surface area contributed by atoms with Crippen LogP contribution in [0.4, 0.5) is 0 Å². The molecule has 0 aliphatic heterocycles. The van der Waals surface area contributed by atoms with Gasteiger partial charge in [-0.1, -0.05) is 18.2 Å². The van der Waals surface area contributed by atoms with Crippen LogP contribution in [0.3, 0.4) is 0 Å². The molecule has 86 valence electrons. The van der Waals surface area contributed by atoms with E-state index in [1.807, 2.05) is 13.8 Å². The van der Waals surface area contributed by atoms with Crippen LogP contribution >= 0.6 is 0 Å². The lowest BCUT2D eigenvalue weighted by Gasteiger charge is -2.18. The molecule has 16 heavy (non-hydrogen) atoms. The van der Waals surface area contributed by atoms with E-state index in [-0.39, 0.29) is 0 Å². The van der Waals surface area contributed by atoms with Crippen LogP contribution in [-0.4, -0.2) is 15.3 Å². The number of aliphatic hydroxyl groups is 1.